The van der Waals surface area contributed by atoms with Crippen molar-refractivity contribution in [2.75, 3.05) is 19.0 Å². The first-order chi connectivity index (χ1) is 20.8. The molecular formula is C30H30FN5O5S2. The monoisotopic (exact) mass is 623 g/mol. The number of methoxy groups -OCH3 is 1. The number of ether oxygens (including phenoxy) is 2. The van der Waals surface area contributed by atoms with E-state index in [0.29, 0.717) is 38.5 Å². The van der Waals surface area contributed by atoms with Gasteiger partial charge in [-0.2, -0.15) is 0 Å². The van der Waals surface area contributed by atoms with Crippen LogP contribution in [0.3, 0.4) is 0 Å². The number of hydrogen-bond acceptors (Lipinski definition) is 9. The summed E-state index contributed by atoms with van der Waals surface area (Å²) in [6.45, 7) is 3.73. The third-order valence-corrected chi connectivity index (χ3v) is 9.06. The number of anilines is 1. The lowest BCUT2D eigenvalue weighted by molar-refractivity contribution is -0.115. The molecule has 0 fully saturated rings. The zero-order valence-corrected chi connectivity index (χ0v) is 25.4. The Labute approximate surface area is 256 Å². The molecule has 4 aromatic rings. The van der Waals surface area contributed by atoms with E-state index in [1.807, 2.05) is 0 Å². The van der Waals surface area contributed by atoms with Crippen molar-refractivity contribution in [2.45, 2.75) is 50.1 Å². The van der Waals surface area contributed by atoms with Gasteiger partial charge >= 0.3 is 5.97 Å². The van der Waals surface area contributed by atoms with E-state index in [1.54, 1.807) is 54.8 Å². The number of halogens is 1. The molecule has 1 aliphatic rings. The van der Waals surface area contributed by atoms with Crippen LogP contribution in [0.15, 0.2) is 53.7 Å². The molecule has 0 saturated carbocycles. The Hall–Kier alpha value is -4.23. The molecule has 1 unspecified atom stereocenters. The largest absolute Gasteiger partial charge is 0.497 e. The van der Waals surface area contributed by atoms with E-state index in [4.69, 9.17) is 9.47 Å². The smallest absolute Gasteiger partial charge is 0.341 e. The van der Waals surface area contributed by atoms with Gasteiger partial charge in [-0.05, 0) is 81.1 Å². The molecule has 13 heteroatoms. The number of aromatic nitrogens is 3. The standard InChI is InChI=1S/C30H30FN5O5S2/c1-4-41-29(39)25-22-9-6-10-23(22)43-28(25)33-26(37)17(2)42-30-35-34-24(36(30)20-13-11-19(31)12-14-20)16-32-27(38)18-7-5-8-21(15-18)40-3/h5,7-8,11-15,17H,4,6,9-10,16H2,1-3H3,(H,32,38)(H,33,37). The molecule has 0 spiro atoms. The number of carbonyl (C=O) groups is 3. The highest BCUT2D eigenvalue weighted by molar-refractivity contribution is 8.00. The van der Waals surface area contributed by atoms with Crippen molar-refractivity contribution in [1.82, 2.24) is 20.1 Å². The second kappa shape index (κ2) is 13.4. The second-order valence-corrected chi connectivity index (χ2v) is 12.1. The first kappa shape index (κ1) is 30.2. The molecule has 0 saturated heterocycles. The highest BCUT2D eigenvalue weighted by Gasteiger charge is 2.30. The van der Waals surface area contributed by atoms with Crippen LogP contribution >= 0.6 is 23.1 Å². The normalized spacial score (nSPS) is 12.8. The Kier molecular flexibility index (Phi) is 9.41. The minimum absolute atomic E-state index is 0.0191. The van der Waals surface area contributed by atoms with Gasteiger partial charge in [0.15, 0.2) is 11.0 Å². The number of rotatable bonds is 11. The number of thioether (sulfide) groups is 1. The molecule has 2 aromatic carbocycles. The molecule has 0 bridgehead atoms. The summed E-state index contributed by atoms with van der Waals surface area (Å²) in [6.07, 6.45) is 2.61. The van der Waals surface area contributed by atoms with Gasteiger partial charge in [-0.15, -0.1) is 21.5 Å². The summed E-state index contributed by atoms with van der Waals surface area (Å²) in [6, 6.07) is 12.5. The molecule has 2 amide bonds. The van der Waals surface area contributed by atoms with Crippen molar-refractivity contribution in [3.05, 3.63) is 81.7 Å². The third-order valence-electron chi connectivity index (χ3n) is 6.81. The van der Waals surface area contributed by atoms with Gasteiger partial charge in [0, 0.05) is 16.1 Å². The molecule has 1 aliphatic carbocycles. The van der Waals surface area contributed by atoms with E-state index in [1.165, 1.54) is 30.6 Å². The SMILES string of the molecule is CCOC(=O)c1c(NC(=O)C(C)Sc2nnc(CNC(=O)c3cccc(OC)c3)n2-c2ccc(F)cc2)sc2c1CCC2. The highest BCUT2D eigenvalue weighted by atomic mass is 32.2. The molecule has 0 aliphatic heterocycles. The fourth-order valence-electron chi connectivity index (χ4n) is 4.70. The summed E-state index contributed by atoms with van der Waals surface area (Å²) < 4.78 is 25.9. The van der Waals surface area contributed by atoms with Crippen molar-refractivity contribution >= 4 is 45.9 Å². The summed E-state index contributed by atoms with van der Waals surface area (Å²) in [5.41, 5.74) is 2.37. The lowest BCUT2D eigenvalue weighted by Crippen LogP contribution is -2.25. The van der Waals surface area contributed by atoms with Gasteiger partial charge in [-0.1, -0.05) is 17.8 Å². The topological polar surface area (TPSA) is 124 Å². The van der Waals surface area contributed by atoms with E-state index >= 15 is 0 Å². The predicted octanol–water partition coefficient (Wildman–Crippen LogP) is 5.19. The minimum Gasteiger partial charge on any atom is -0.497 e. The molecule has 224 valence electrons. The molecule has 1 atom stereocenters. The highest BCUT2D eigenvalue weighted by Crippen LogP contribution is 2.40. The van der Waals surface area contributed by atoms with Gasteiger partial charge in [0.2, 0.25) is 5.91 Å². The Bertz CT molecular complexity index is 1650. The number of aryl methyl sites for hydroxylation is 1. The van der Waals surface area contributed by atoms with Crippen LogP contribution in [0.4, 0.5) is 9.39 Å². The molecular weight excluding hydrogens is 593 g/mol. The maximum Gasteiger partial charge on any atom is 0.341 e. The average Bonchev–Trinajstić information content (AvgIpc) is 3.71. The molecule has 5 rings (SSSR count). The van der Waals surface area contributed by atoms with Crippen LogP contribution in [0.5, 0.6) is 5.75 Å². The fourth-order valence-corrected chi connectivity index (χ4v) is 6.87. The second-order valence-electron chi connectivity index (χ2n) is 9.66. The maximum atomic E-state index is 13.8. The van der Waals surface area contributed by atoms with Crippen molar-refractivity contribution in [2.24, 2.45) is 0 Å². The summed E-state index contributed by atoms with van der Waals surface area (Å²) in [5, 5.41) is 14.5. The van der Waals surface area contributed by atoms with E-state index in [0.717, 1.165) is 41.5 Å². The number of nitrogens with zero attached hydrogens (tertiary/aromatic N) is 3. The lowest BCUT2D eigenvalue weighted by Gasteiger charge is -2.14. The van der Waals surface area contributed by atoms with Crippen LogP contribution in [-0.4, -0.2) is 51.5 Å². The van der Waals surface area contributed by atoms with Crippen LogP contribution in [0, 0.1) is 5.82 Å². The van der Waals surface area contributed by atoms with Crippen molar-refractivity contribution < 1.29 is 28.2 Å². The van der Waals surface area contributed by atoms with Crippen molar-refractivity contribution in [3.8, 4) is 11.4 Å². The van der Waals surface area contributed by atoms with Crippen LogP contribution in [0.2, 0.25) is 0 Å². The summed E-state index contributed by atoms with van der Waals surface area (Å²) in [4.78, 5) is 40.0. The number of hydrogen-bond donors (Lipinski definition) is 2. The summed E-state index contributed by atoms with van der Waals surface area (Å²) >= 11 is 2.56. The third kappa shape index (κ3) is 6.73. The Morgan fingerprint density at radius 2 is 1.93 bits per heavy atom. The van der Waals surface area contributed by atoms with E-state index in [9.17, 15) is 18.8 Å². The molecule has 2 N–H and O–H groups in total. The zero-order chi connectivity index (χ0) is 30.5. The van der Waals surface area contributed by atoms with E-state index in [2.05, 4.69) is 20.8 Å². The Balaban J connectivity index is 1.35. The quantitative estimate of drug-likeness (QED) is 0.173. The van der Waals surface area contributed by atoms with Gasteiger partial charge in [-0.3, -0.25) is 14.2 Å². The lowest BCUT2D eigenvalue weighted by atomic mass is 10.1. The minimum atomic E-state index is -0.644. The first-order valence-corrected chi connectivity index (χ1v) is 15.4. The number of esters is 1. The van der Waals surface area contributed by atoms with Crippen LogP contribution < -0.4 is 15.4 Å². The van der Waals surface area contributed by atoms with Crippen molar-refractivity contribution in [3.63, 3.8) is 0 Å². The van der Waals surface area contributed by atoms with Gasteiger partial charge in [-0.25, -0.2) is 9.18 Å². The van der Waals surface area contributed by atoms with Crippen molar-refractivity contribution in [1.29, 1.82) is 0 Å². The first-order valence-electron chi connectivity index (χ1n) is 13.7. The number of fused-ring (bicyclic) bond motifs is 1. The van der Waals surface area contributed by atoms with Gasteiger partial charge in [0.25, 0.3) is 5.91 Å². The average molecular weight is 624 g/mol. The fraction of sp³-hybridized carbons (Fsp3) is 0.300. The molecule has 10 nitrogen and oxygen atoms in total. The molecule has 2 aromatic heterocycles. The maximum absolute atomic E-state index is 13.8. The summed E-state index contributed by atoms with van der Waals surface area (Å²) in [5.74, 6) is -0.570. The van der Waals surface area contributed by atoms with E-state index < -0.39 is 17.0 Å². The van der Waals surface area contributed by atoms with Crippen LogP contribution in [0.1, 0.15) is 57.2 Å². The predicted molar refractivity (Wildman–Crippen MR) is 162 cm³/mol. The number of benzene rings is 2. The van der Waals surface area contributed by atoms with Gasteiger partial charge < -0.3 is 20.1 Å². The molecule has 43 heavy (non-hydrogen) atoms. The molecule has 0 radical (unpaired) electrons. The number of carbonyl (C=O) groups excluding carboxylic acids is 3. The number of nitrogens with one attached hydrogen (secondary N) is 2. The summed E-state index contributed by atoms with van der Waals surface area (Å²) in [7, 11) is 1.52. The molecule has 2 heterocycles. The van der Waals surface area contributed by atoms with E-state index in [-0.39, 0.29) is 25.0 Å². The van der Waals surface area contributed by atoms with Crippen LogP contribution in [-0.2, 0) is 28.9 Å². The van der Waals surface area contributed by atoms with Crippen LogP contribution in [0.25, 0.3) is 5.69 Å². The van der Waals surface area contributed by atoms with Gasteiger partial charge in [0.05, 0.1) is 31.1 Å². The number of amides is 2. The Morgan fingerprint density at radius 1 is 1.14 bits per heavy atom. The van der Waals surface area contributed by atoms with Gasteiger partial charge in [0.1, 0.15) is 16.6 Å². The zero-order valence-electron chi connectivity index (χ0n) is 23.8. The number of thiophene rings is 1. The Morgan fingerprint density at radius 3 is 2.67 bits per heavy atom.